The SMILES string of the molecule is CCc1c2c(nc3ccc(OC(=O)N4CCC(N5CC[Si](C)(Cc6ccccc6)CC5)CC4)cc13)-c1cc3c(c(=O)n1C2)COC(=O)C3(O)CC.Cl. The van der Waals surface area contributed by atoms with E-state index in [2.05, 4.69) is 48.7 Å². The van der Waals surface area contributed by atoms with E-state index in [1.54, 1.807) is 23.6 Å². The molecule has 1 amide bonds. The number of aryl methyl sites for hydroxylation is 1. The van der Waals surface area contributed by atoms with Crippen LogP contribution in [0.5, 0.6) is 5.75 Å². The lowest BCUT2D eigenvalue weighted by molar-refractivity contribution is -0.172. The van der Waals surface area contributed by atoms with Gasteiger partial charge in [0.1, 0.15) is 12.4 Å². The maximum atomic E-state index is 13.7. The van der Waals surface area contributed by atoms with Crippen LogP contribution in [0.2, 0.25) is 18.6 Å². The van der Waals surface area contributed by atoms with Gasteiger partial charge < -0.3 is 28.9 Å². The fourth-order valence-corrected chi connectivity index (χ4v) is 12.4. The van der Waals surface area contributed by atoms with Gasteiger partial charge in [0.25, 0.3) is 5.56 Å². The first kappa shape index (κ1) is 36.3. The van der Waals surface area contributed by atoms with Crippen molar-refractivity contribution >= 4 is 43.4 Å². The summed E-state index contributed by atoms with van der Waals surface area (Å²) in [7, 11) is -1.29. The number of pyridine rings is 2. The predicted molar refractivity (Wildman–Crippen MR) is 205 cm³/mol. The van der Waals surface area contributed by atoms with E-state index in [0.717, 1.165) is 48.0 Å². The number of benzene rings is 2. The summed E-state index contributed by atoms with van der Waals surface area (Å²) in [6, 6.07) is 22.6. The summed E-state index contributed by atoms with van der Waals surface area (Å²) in [5.41, 5.74) is 3.84. The van der Waals surface area contributed by atoms with Crippen LogP contribution in [-0.2, 0) is 40.7 Å². The van der Waals surface area contributed by atoms with Crippen molar-refractivity contribution in [3.05, 3.63) is 92.8 Å². The highest BCUT2D eigenvalue weighted by Gasteiger charge is 2.45. The van der Waals surface area contributed by atoms with Crippen LogP contribution in [0.3, 0.4) is 0 Å². The van der Waals surface area contributed by atoms with Crippen LogP contribution in [0.1, 0.15) is 60.9 Å². The van der Waals surface area contributed by atoms with Gasteiger partial charge in [0.15, 0.2) is 5.60 Å². The number of nitrogens with zero attached hydrogens (tertiary/aromatic N) is 4. The van der Waals surface area contributed by atoms with Crippen LogP contribution in [0.15, 0.2) is 59.4 Å². The van der Waals surface area contributed by atoms with E-state index in [9.17, 15) is 19.5 Å². The number of amides is 1. The lowest BCUT2D eigenvalue weighted by Crippen LogP contribution is -2.53. The molecule has 1 atom stereocenters. The van der Waals surface area contributed by atoms with Crippen LogP contribution < -0.4 is 10.3 Å². The van der Waals surface area contributed by atoms with E-state index in [0.29, 0.717) is 60.4 Å². The number of hydrogen-bond acceptors (Lipinski definition) is 8. The summed E-state index contributed by atoms with van der Waals surface area (Å²) in [4.78, 5) is 49.1. The Hall–Kier alpha value is -4.03. The van der Waals surface area contributed by atoms with Crippen LogP contribution in [-0.4, -0.2) is 76.8 Å². The van der Waals surface area contributed by atoms with Crippen LogP contribution in [0.25, 0.3) is 22.3 Å². The molecule has 8 rings (SSSR count). The van der Waals surface area contributed by atoms with Gasteiger partial charge in [0, 0.05) is 35.6 Å². The van der Waals surface area contributed by atoms with Crippen molar-refractivity contribution in [3.63, 3.8) is 0 Å². The lowest BCUT2D eigenvalue weighted by atomic mass is 9.86. The molecule has 0 radical (unpaired) electrons. The Morgan fingerprint density at radius 2 is 1.75 bits per heavy atom. The number of aromatic nitrogens is 2. The van der Waals surface area contributed by atoms with Crippen LogP contribution in [0.4, 0.5) is 4.79 Å². The second kappa shape index (κ2) is 14.1. The monoisotopic (exact) mass is 742 g/mol. The van der Waals surface area contributed by atoms with Crippen molar-refractivity contribution in [2.75, 3.05) is 26.2 Å². The zero-order valence-corrected chi connectivity index (χ0v) is 32.0. The second-order valence-electron chi connectivity index (χ2n) is 15.1. The third-order valence-electron chi connectivity index (χ3n) is 12.1. The van der Waals surface area contributed by atoms with Crippen molar-refractivity contribution in [3.8, 4) is 17.1 Å². The average molecular weight is 743 g/mol. The molecule has 4 aliphatic heterocycles. The maximum Gasteiger partial charge on any atom is 0.415 e. The fourth-order valence-electron chi connectivity index (χ4n) is 8.88. The predicted octanol–water partition coefficient (Wildman–Crippen LogP) is 6.20. The lowest BCUT2D eigenvalue weighted by Gasteiger charge is -2.44. The number of cyclic esters (lactones) is 1. The van der Waals surface area contributed by atoms with E-state index in [4.69, 9.17) is 14.5 Å². The summed E-state index contributed by atoms with van der Waals surface area (Å²) in [6.45, 7) is 10.2. The Morgan fingerprint density at radius 1 is 1.02 bits per heavy atom. The summed E-state index contributed by atoms with van der Waals surface area (Å²) in [5, 5.41) is 12.1. The molecule has 0 bridgehead atoms. The van der Waals surface area contributed by atoms with Gasteiger partial charge in [-0.25, -0.2) is 14.6 Å². The van der Waals surface area contributed by atoms with Crippen molar-refractivity contribution in [2.24, 2.45) is 0 Å². The first-order chi connectivity index (χ1) is 24.6. The molecule has 2 aromatic heterocycles. The second-order valence-corrected chi connectivity index (χ2v) is 20.1. The molecule has 10 nitrogen and oxygen atoms in total. The van der Waals surface area contributed by atoms with Gasteiger partial charge in [-0.15, -0.1) is 12.4 Å². The Balaban J connectivity index is 0.00000420. The molecule has 6 heterocycles. The minimum atomic E-state index is -1.87. The standard InChI is InChI=1S/C40H46N4O6Si.ClH/c1-4-29-30-21-28(50-39(47)43-15-13-27(14-16-43)42-17-19-51(3,20-18-42)25-26-9-7-6-8-10-26)11-12-34(30)41-36-31(29)23-44-35(36)22-33-32(37(44)45)24-49-38(46)40(33,48)5-2;/h6-12,21-22,27,48H,4-5,13-20,23-25H2,1-3H3;1H. The molecule has 2 aromatic carbocycles. The van der Waals surface area contributed by atoms with Gasteiger partial charge in [-0.05, 0) is 86.7 Å². The number of likely N-dealkylation sites (tertiary alicyclic amines) is 1. The molecule has 1 N–H and O–H groups in total. The molecule has 1 unspecified atom stereocenters. The Labute approximate surface area is 311 Å². The number of ether oxygens (including phenoxy) is 2. The Bertz CT molecular complexity index is 2090. The largest absolute Gasteiger partial charge is 0.458 e. The highest BCUT2D eigenvalue weighted by molar-refractivity contribution is 6.78. The van der Waals surface area contributed by atoms with Gasteiger partial charge in [-0.3, -0.25) is 4.79 Å². The highest BCUT2D eigenvalue weighted by Crippen LogP contribution is 2.41. The normalized spacial score (nSPS) is 21.2. The molecular weight excluding hydrogens is 696 g/mol. The zero-order valence-electron chi connectivity index (χ0n) is 30.2. The summed E-state index contributed by atoms with van der Waals surface area (Å²) >= 11 is 0. The van der Waals surface area contributed by atoms with E-state index >= 15 is 0 Å². The summed E-state index contributed by atoms with van der Waals surface area (Å²) in [6.07, 6.45) is 2.36. The van der Waals surface area contributed by atoms with E-state index < -0.39 is 19.6 Å². The topological polar surface area (TPSA) is 114 Å². The molecule has 0 spiro atoms. The number of rotatable bonds is 6. The molecule has 0 aliphatic carbocycles. The highest BCUT2D eigenvalue weighted by atomic mass is 35.5. The minimum absolute atomic E-state index is 0. The molecule has 4 aromatic rings. The number of aliphatic hydroxyl groups is 1. The van der Waals surface area contributed by atoms with Gasteiger partial charge in [-0.1, -0.05) is 56.3 Å². The third kappa shape index (κ3) is 6.25. The van der Waals surface area contributed by atoms with E-state index in [1.807, 2.05) is 17.0 Å². The molecular formula is C40H47ClN4O6Si. The van der Waals surface area contributed by atoms with Crippen LogP contribution >= 0.6 is 12.4 Å². The molecule has 4 aliphatic rings. The number of hydrogen-bond donors (Lipinski definition) is 1. The number of fused-ring (bicyclic) bond motifs is 5. The summed E-state index contributed by atoms with van der Waals surface area (Å²) in [5.74, 6) is -0.269. The molecule has 274 valence electrons. The molecule has 2 fully saturated rings. The number of carbonyl (C=O) groups excluding carboxylic acids is 2. The van der Waals surface area contributed by atoms with Crippen molar-refractivity contribution in [2.45, 2.75) is 89.0 Å². The molecule has 52 heavy (non-hydrogen) atoms. The molecule has 2 saturated heterocycles. The summed E-state index contributed by atoms with van der Waals surface area (Å²) < 4.78 is 12.8. The maximum absolute atomic E-state index is 13.7. The Morgan fingerprint density at radius 3 is 2.44 bits per heavy atom. The number of halogens is 1. The number of carbonyl (C=O) groups is 2. The minimum Gasteiger partial charge on any atom is -0.458 e. The van der Waals surface area contributed by atoms with Crippen molar-refractivity contribution in [1.82, 2.24) is 19.4 Å². The van der Waals surface area contributed by atoms with Gasteiger partial charge >= 0.3 is 12.1 Å². The average Bonchev–Trinajstić information content (AvgIpc) is 3.51. The quantitative estimate of drug-likeness (QED) is 0.162. The molecule has 0 saturated carbocycles. The van der Waals surface area contributed by atoms with Crippen LogP contribution in [0, 0.1) is 0 Å². The van der Waals surface area contributed by atoms with Crippen molar-refractivity contribution < 1.29 is 24.2 Å². The zero-order chi connectivity index (χ0) is 35.5. The number of piperidine rings is 1. The van der Waals surface area contributed by atoms with E-state index in [-0.39, 0.29) is 37.1 Å². The van der Waals surface area contributed by atoms with E-state index in [1.165, 1.54) is 23.7 Å². The molecule has 12 heteroatoms. The number of esters is 1. The van der Waals surface area contributed by atoms with Crippen molar-refractivity contribution in [1.29, 1.82) is 0 Å². The van der Waals surface area contributed by atoms with Gasteiger partial charge in [-0.2, -0.15) is 0 Å². The van der Waals surface area contributed by atoms with Gasteiger partial charge in [0.2, 0.25) is 0 Å². The Kier molecular flexibility index (Phi) is 9.83. The third-order valence-corrected chi connectivity index (χ3v) is 16.2. The first-order valence-electron chi connectivity index (χ1n) is 18.5. The van der Waals surface area contributed by atoms with Gasteiger partial charge in [0.05, 0.1) is 37.1 Å². The fraction of sp³-hybridized carbons (Fsp3) is 0.450. The first-order valence-corrected chi connectivity index (χ1v) is 21.6. The smallest absolute Gasteiger partial charge is 0.415 e.